The SMILES string of the molecule is COc1ccccc1-c1cc(C)ncc1C(=O)Nc1nc2ccc(-c3ccccc3)cc2s1. The molecule has 0 fully saturated rings. The van der Waals surface area contributed by atoms with Crippen LogP contribution in [0.2, 0.25) is 0 Å². The van der Waals surface area contributed by atoms with Crippen LogP contribution in [0, 0.1) is 6.92 Å². The second kappa shape index (κ2) is 8.84. The van der Waals surface area contributed by atoms with Gasteiger partial charge in [0.15, 0.2) is 5.13 Å². The fourth-order valence-electron chi connectivity index (χ4n) is 3.78. The number of aryl methyl sites for hydroxylation is 1. The first kappa shape index (κ1) is 20.8. The number of ether oxygens (including phenoxy) is 1. The number of nitrogens with zero attached hydrogens (tertiary/aromatic N) is 2. The van der Waals surface area contributed by atoms with Crippen LogP contribution in [0.3, 0.4) is 0 Å². The zero-order chi connectivity index (χ0) is 22.8. The molecular weight excluding hydrogens is 430 g/mol. The molecule has 33 heavy (non-hydrogen) atoms. The molecule has 3 aromatic carbocycles. The summed E-state index contributed by atoms with van der Waals surface area (Å²) in [7, 11) is 1.62. The Morgan fingerprint density at radius 1 is 0.909 bits per heavy atom. The molecule has 162 valence electrons. The molecule has 0 saturated carbocycles. The minimum atomic E-state index is -0.259. The van der Waals surface area contributed by atoms with E-state index in [1.54, 1.807) is 13.3 Å². The van der Waals surface area contributed by atoms with E-state index in [-0.39, 0.29) is 5.91 Å². The van der Waals surface area contributed by atoms with E-state index < -0.39 is 0 Å². The van der Waals surface area contributed by atoms with Gasteiger partial charge in [-0.05, 0) is 42.3 Å². The number of thiazole rings is 1. The van der Waals surface area contributed by atoms with Crippen LogP contribution in [-0.4, -0.2) is 23.0 Å². The maximum absolute atomic E-state index is 13.3. The molecule has 2 aromatic heterocycles. The summed E-state index contributed by atoms with van der Waals surface area (Å²) in [5.41, 5.74) is 6.01. The van der Waals surface area contributed by atoms with Crippen LogP contribution in [0.4, 0.5) is 5.13 Å². The van der Waals surface area contributed by atoms with E-state index in [1.807, 2.05) is 67.6 Å². The summed E-state index contributed by atoms with van der Waals surface area (Å²) < 4.78 is 6.53. The third-order valence-corrected chi connectivity index (χ3v) is 6.33. The summed E-state index contributed by atoms with van der Waals surface area (Å²) >= 11 is 1.45. The number of rotatable bonds is 5. The lowest BCUT2D eigenvalue weighted by atomic mass is 9.99. The van der Waals surface area contributed by atoms with Crippen LogP contribution in [0.5, 0.6) is 5.75 Å². The van der Waals surface area contributed by atoms with E-state index in [4.69, 9.17) is 4.74 Å². The largest absolute Gasteiger partial charge is 0.496 e. The molecule has 0 bridgehead atoms. The van der Waals surface area contributed by atoms with Crippen LogP contribution in [0.1, 0.15) is 16.1 Å². The number of nitrogens with one attached hydrogen (secondary N) is 1. The Kier molecular flexibility index (Phi) is 5.59. The zero-order valence-electron chi connectivity index (χ0n) is 18.2. The molecule has 0 atom stereocenters. The van der Waals surface area contributed by atoms with Crippen molar-refractivity contribution in [2.45, 2.75) is 6.92 Å². The van der Waals surface area contributed by atoms with E-state index in [9.17, 15) is 4.79 Å². The highest BCUT2D eigenvalue weighted by Crippen LogP contribution is 2.34. The van der Waals surface area contributed by atoms with Gasteiger partial charge in [0.25, 0.3) is 5.91 Å². The second-order valence-corrected chi connectivity index (χ2v) is 8.62. The number of methoxy groups -OCH3 is 1. The Bertz CT molecular complexity index is 1460. The van der Waals surface area contributed by atoms with Crippen LogP contribution in [0.25, 0.3) is 32.5 Å². The monoisotopic (exact) mass is 451 g/mol. The molecule has 2 heterocycles. The first-order chi connectivity index (χ1) is 16.1. The molecule has 1 N–H and O–H groups in total. The lowest BCUT2D eigenvalue weighted by Crippen LogP contribution is -2.14. The van der Waals surface area contributed by atoms with Crippen molar-refractivity contribution < 1.29 is 9.53 Å². The molecule has 0 aliphatic heterocycles. The summed E-state index contributed by atoms with van der Waals surface area (Å²) in [4.78, 5) is 22.2. The van der Waals surface area contributed by atoms with Gasteiger partial charge in [0, 0.05) is 23.0 Å². The van der Waals surface area contributed by atoms with Crippen molar-refractivity contribution in [3.05, 3.63) is 96.3 Å². The second-order valence-electron chi connectivity index (χ2n) is 7.59. The van der Waals surface area contributed by atoms with Gasteiger partial charge in [-0.15, -0.1) is 0 Å². The summed E-state index contributed by atoms with van der Waals surface area (Å²) in [6.07, 6.45) is 1.60. The van der Waals surface area contributed by atoms with Crippen molar-refractivity contribution in [1.82, 2.24) is 9.97 Å². The van der Waals surface area contributed by atoms with Gasteiger partial charge in [0.05, 0.1) is 22.9 Å². The molecule has 6 heteroatoms. The molecule has 0 radical (unpaired) electrons. The first-order valence-electron chi connectivity index (χ1n) is 10.5. The molecule has 1 amide bonds. The Hall–Kier alpha value is -4.03. The zero-order valence-corrected chi connectivity index (χ0v) is 19.0. The average Bonchev–Trinajstić information content (AvgIpc) is 3.25. The van der Waals surface area contributed by atoms with Gasteiger partial charge in [0.1, 0.15) is 5.75 Å². The van der Waals surface area contributed by atoms with Crippen LogP contribution in [0.15, 0.2) is 85.1 Å². The lowest BCUT2D eigenvalue weighted by Gasteiger charge is -2.13. The van der Waals surface area contributed by atoms with Gasteiger partial charge in [-0.2, -0.15) is 0 Å². The molecule has 0 saturated heterocycles. The average molecular weight is 452 g/mol. The summed E-state index contributed by atoms with van der Waals surface area (Å²) in [6, 6.07) is 25.9. The number of aromatic nitrogens is 2. The highest BCUT2D eigenvalue weighted by atomic mass is 32.1. The van der Waals surface area contributed by atoms with Crippen molar-refractivity contribution >= 4 is 32.6 Å². The molecule has 5 nitrogen and oxygen atoms in total. The predicted molar refractivity (Wildman–Crippen MR) is 134 cm³/mol. The van der Waals surface area contributed by atoms with Crippen molar-refractivity contribution in [2.75, 3.05) is 12.4 Å². The molecule has 0 unspecified atom stereocenters. The van der Waals surface area contributed by atoms with Crippen molar-refractivity contribution in [2.24, 2.45) is 0 Å². The topological polar surface area (TPSA) is 64.1 Å². The number of para-hydroxylation sites is 1. The van der Waals surface area contributed by atoms with Gasteiger partial charge >= 0.3 is 0 Å². The minimum Gasteiger partial charge on any atom is -0.496 e. The third kappa shape index (κ3) is 4.21. The van der Waals surface area contributed by atoms with Crippen molar-refractivity contribution in [3.8, 4) is 28.0 Å². The molecule has 5 rings (SSSR count). The smallest absolute Gasteiger partial charge is 0.259 e. The third-order valence-electron chi connectivity index (χ3n) is 5.40. The fourth-order valence-corrected chi connectivity index (χ4v) is 4.68. The van der Waals surface area contributed by atoms with Gasteiger partial charge in [-0.1, -0.05) is 65.9 Å². The Morgan fingerprint density at radius 2 is 1.70 bits per heavy atom. The van der Waals surface area contributed by atoms with Gasteiger partial charge in [0.2, 0.25) is 0 Å². The van der Waals surface area contributed by atoms with E-state index in [0.717, 1.165) is 38.2 Å². The molecule has 0 spiro atoms. The summed E-state index contributed by atoms with van der Waals surface area (Å²) in [6.45, 7) is 1.90. The number of hydrogen-bond donors (Lipinski definition) is 1. The quantitative estimate of drug-likeness (QED) is 0.327. The number of carbonyl (C=O) groups excluding carboxylic acids is 1. The number of benzene rings is 3. The van der Waals surface area contributed by atoms with Gasteiger partial charge in [-0.3, -0.25) is 15.1 Å². The minimum absolute atomic E-state index is 0.259. The Balaban J connectivity index is 1.48. The fraction of sp³-hybridized carbons (Fsp3) is 0.0741. The highest BCUT2D eigenvalue weighted by molar-refractivity contribution is 7.22. The number of anilines is 1. The van der Waals surface area contributed by atoms with Crippen LogP contribution >= 0.6 is 11.3 Å². The Morgan fingerprint density at radius 3 is 2.52 bits per heavy atom. The van der Waals surface area contributed by atoms with Crippen LogP contribution in [-0.2, 0) is 0 Å². The maximum atomic E-state index is 13.3. The van der Waals surface area contributed by atoms with Gasteiger partial charge in [-0.25, -0.2) is 4.98 Å². The molecule has 0 aliphatic carbocycles. The van der Waals surface area contributed by atoms with Gasteiger partial charge < -0.3 is 4.74 Å². The number of carbonyl (C=O) groups is 1. The van der Waals surface area contributed by atoms with Crippen molar-refractivity contribution in [3.63, 3.8) is 0 Å². The standard InChI is InChI=1S/C27H21N3O2S/c1-17-14-21(20-10-6-7-11-24(20)32-2)22(16-28-17)26(31)30-27-29-23-13-12-19(15-25(23)33-27)18-8-4-3-5-9-18/h3-16H,1-2H3,(H,29,30,31). The number of hydrogen-bond acceptors (Lipinski definition) is 5. The number of fused-ring (bicyclic) bond motifs is 1. The Labute approximate surface area is 195 Å². The van der Waals surface area contributed by atoms with E-state index in [1.165, 1.54) is 11.3 Å². The predicted octanol–water partition coefficient (Wildman–Crippen LogP) is 6.59. The highest BCUT2D eigenvalue weighted by Gasteiger charge is 2.18. The van der Waals surface area contributed by atoms with Crippen LogP contribution < -0.4 is 10.1 Å². The van der Waals surface area contributed by atoms with E-state index in [0.29, 0.717) is 16.4 Å². The summed E-state index contributed by atoms with van der Waals surface area (Å²) in [5.74, 6) is 0.441. The molecule has 0 aliphatic rings. The number of pyridine rings is 1. The maximum Gasteiger partial charge on any atom is 0.259 e. The first-order valence-corrected chi connectivity index (χ1v) is 11.3. The van der Waals surface area contributed by atoms with E-state index in [2.05, 4.69) is 33.5 Å². The molecular formula is C27H21N3O2S. The van der Waals surface area contributed by atoms with Crippen molar-refractivity contribution in [1.29, 1.82) is 0 Å². The number of amides is 1. The summed E-state index contributed by atoms with van der Waals surface area (Å²) in [5, 5.41) is 3.51. The van der Waals surface area contributed by atoms with E-state index >= 15 is 0 Å². The lowest BCUT2D eigenvalue weighted by molar-refractivity contribution is 0.102. The normalized spacial score (nSPS) is 10.8. The molecule has 5 aromatic rings.